The van der Waals surface area contributed by atoms with Crippen LogP contribution in [0.1, 0.15) is 88.2 Å². The average Bonchev–Trinajstić information content (AvgIpc) is 1.48. The SMILES string of the molecule is C=C/C=C1/C(=O)/C(=N\C2=Cc3sc4c(c3C2(C(=O)OCc2ccccc2)C(=O)OCc2ccccc2)C(C(=O)OCc2ccccc2)(C(=O)OCc2ccccc2)c2c-4sc3c2C(C(=O)OCc2ccccc2)(C(=O)OCc2ccccc2)C(/N=C2/C(=O)c4ccccc4C2=C(C#N)C#N)=C3)C(=C(C#N)C#N)/C1=C/C. The molecule has 534 valence electrons. The lowest BCUT2D eigenvalue weighted by Gasteiger charge is -2.35. The van der Waals surface area contributed by atoms with Crippen molar-refractivity contribution in [2.75, 3.05) is 0 Å². The number of benzene rings is 7. The van der Waals surface area contributed by atoms with Crippen molar-refractivity contribution in [3.63, 3.8) is 0 Å². The van der Waals surface area contributed by atoms with Gasteiger partial charge in [-0.25, -0.2) is 9.98 Å². The fourth-order valence-electron chi connectivity index (χ4n) is 14.1. The van der Waals surface area contributed by atoms with Crippen LogP contribution in [-0.4, -0.2) is 58.8 Å². The predicted octanol–water partition coefficient (Wildman–Crippen LogP) is 14.3. The molecule has 1 fully saturated rings. The van der Waals surface area contributed by atoms with Crippen molar-refractivity contribution in [2.45, 2.75) is 62.8 Å². The molecule has 1 saturated carbocycles. The number of Topliss-reactive ketones (excluding diaryl/α,β-unsaturated/α-hetero) is 2. The first kappa shape index (κ1) is 72.5. The molecule has 0 radical (unpaired) electrons. The van der Waals surface area contributed by atoms with Gasteiger partial charge in [0.15, 0.2) is 0 Å². The van der Waals surface area contributed by atoms with E-state index in [9.17, 15) is 21.0 Å². The predicted molar refractivity (Wildman–Crippen MR) is 404 cm³/mol. The maximum atomic E-state index is 17.4. The Morgan fingerprint density at radius 1 is 0.391 bits per heavy atom. The number of thiophene rings is 2. The number of carbonyl (C=O) groups excluding carboxylic acids is 8. The van der Waals surface area contributed by atoms with E-state index in [0.717, 1.165) is 22.7 Å². The van der Waals surface area contributed by atoms with Crippen LogP contribution in [0.3, 0.4) is 0 Å². The second-order valence-electron chi connectivity index (χ2n) is 25.4. The van der Waals surface area contributed by atoms with E-state index in [4.69, 9.17) is 38.4 Å². The fraction of sp³-hybridized carbons (Fsp3) is 0.114. The third-order valence-corrected chi connectivity index (χ3v) is 21.6. The Morgan fingerprint density at radius 3 is 0.991 bits per heavy atom. The Labute approximate surface area is 637 Å². The van der Waals surface area contributed by atoms with Gasteiger partial charge in [0.1, 0.15) is 86.5 Å². The van der Waals surface area contributed by atoms with Crippen molar-refractivity contribution >= 4 is 99.2 Å². The van der Waals surface area contributed by atoms with Gasteiger partial charge in [0.05, 0.1) is 21.1 Å². The molecule has 20 nitrogen and oxygen atoms in total. The lowest BCUT2D eigenvalue weighted by Crippen LogP contribution is -2.53. The highest BCUT2D eigenvalue weighted by Crippen LogP contribution is 2.68. The van der Waals surface area contributed by atoms with E-state index in [1.165, 1.54) is 42.5 Å². The molecule has 2 heterocycles. The lowest BCUT2D eigenvalue weighted by atomic mass is 9.67. The summed E-state index contributed by atoms with van der Waals surface area (Å²) >= 11 is 1.60. The fourth-order valence-corrected chi connectivity index (χ4v) is 17.0. The van der Waals surface area contributed by atoms with Gasteiger partial charge >= 0.3 is 35.8 Å². The number of esters is 6. The largest absolute Gasteiger partial charge is 0.459 e. The quantitative estimate of drug-likeness (QED) is 0.0212. The van der Waals surface area contributed by atoms with Crippen LogP contribution < -0.4 is 0 Å². The summed E-state index contributed by atoms with van der Waals surface area (Å²) in [6, 6.07) is 63.4. The first-order chi connectivity index (χ1) is 53.6. The second kappa shape index (κ2) is 30.6. The number of rotatable bonds is 21. The van der Waals surface area contributed by atoms with E-state index >= 15 is 38.4 Å². The Balaban J connectivity index is 1.13. The van der Waals surface area contributed by atoms with E-state index in [-0.39, 0.29) is 52.9 Å². The first-order valence-electron chi connectivity index (χ1n) is 34.2. The highest BCUT2D eigenvalue weighted by molar-refractivity contribution is 7.24. The van der Waals surface area contributed by atoms with Gasteiger partial charge in [-0.15, -0.1) is 22.7 Å². The topological polar surface area (TPSA) is 312 Å². The Kier molecular flexibility index (Phi) is 20.2. The number of carbonyl (C=O) groups is 8. The van der Waals surface area contributed by atoms with E-state index in [1.807, 2.05) is 24.3 Å². The van der Waals surface area contributed by atoms with Gasteiger partial charge in [-0.3, -0.25) is 38.4 Å². The maximum Gasteiger partial charge on any atom is 0.334 e. The van der Waals surface area contributed by atoms with Gasteiger partial charge in [0.25, 0.3) is 0 Å². The van der Waals surface area contributed by atoms with E-state index in [2.05, 4.69) is 6.58 Å². The molecule has 0 spiro atoms. The molecule has 2 aromatic heterocycles. The number of nitriles is 4. The van der Waals surface area contributed by atoms with Crippen molar-refractivity contribution in [3.05, 3.63) is 347 Å². The van der Waals surface area contributed by atoms with Crippen LogP contribution in [0.25, 0.3) is 27.5 Å². The van der Waals surface area contributed by atoms with E-state index < -0.39 is 159 Å². The highest BCUT2D eigenvalue weighted by Gasteiger charge is 2.72. The molecule has 14 rings (SSSR count). The molecule has 7 aromatic carbocycles. The summed E-state index contributed by atoms with van der Waals surface area (Å²) in [6.07, 6.45) is 6.64. The number of hydrogen-bond donors (Lipinski definition) is 0. The van der Waals surface area contributed by atoms with Gasteiger partial charge in [-0.05, 0) is 63.6 Å². The van der Waals surface area contributed by atoms with Crippen LogP contribution in [0.5, 0.6) is 0 Å². The van der Waals surface area contributed by atoms with Crippen molar-refractivity contribution in [1.29, 1.82) is 21.0 Å². The molecule has 5 aliphatic carbocycles. The Hall–Kier alpha value is -14.4. The molecule has 110 heavy (non-hydrogen) atoms. The summed E-state index contributed by atoms with van der Waals surface area (Å²) in [4.78, 5) is 142. The third kappa shape index (κ3) is 12.3. The summed E-state index contributed by atoms with van der Waals surface area (Å²) in [5.74, 6) is -10.6. The van der Waals surface area contributed by atoms with Crippen molar-refractivity contribution in [2.24, 2.45) is 9.98 Å². The highest BCUT2D eigenvalue weighted by atomic mass is 32.1. The summed E-state index contributed by atoms with van der Waals surface area (Å²) in [5, 5.41) is 42.7. The lowest BCUT2D eigenvalue weighted by molar-refractivity contribution is -0.168. The molecule has 0 bridgehead atoms. The average molecular weight is 1490 g/mol. The minimum Gasteiger partial charge on any atom is -0.459 e. The maximum absolute atomic E-state index is 17.4. The smallest absolute Gasteiger partial charge is 0.334 e. The monoisotopic (exact) mass is 1480 g/mol. The zero-order valence-electron chi connectivity index (χ0n) is 58.2. The van der Waals surface area contributed by atoms with Crippen LogP contribution in [-0.2, 0) is 118 Å². The molecule has 0 N–H and O–H groups in total. The number of hydrogen-bond acceptors (Lipinski definition) is 22. The molecule has 22 heteroatoms. The van der Waals surface area contributed by atoms with E-state index in [1.54, 1.807) is 201 Å². The minimum absolute atomic E-state index is 0.00992. The van der Waals surface area contributed by atoms with E-state index in [0.29, 0.717) is 33.4 Å². The van der Waals surface area contributed by atoms with Gasteiger partial charge in [-0.2, -0.15) is 21.0 Å². The summed E-state index contributed by atoms with van der Waals surface area (Å²) in [6.45, 7) is 1.85. The molecular weight excluding hydrogens is 1430 g/mol. The zero-order valence-corrected chi connectivity index (χ0v) is 59.8. The van der Waals surface area contributed by atoms with Crippen molar-refractivity contribution in [1.82, 2.24) is 0 Å². The third-order valence-electron chi connectivity index (χ3n) is 19.1. The molecule has 0 aliphatic heterocycles. The van der Waals surface area contributed by atoms with Crippen LogP contribution >= 0.6 is 22.7 Å². The van der Waals surface area contributed by atoms with Crippen LogP contribution in [0.2, 0.25) is 0 Å². The Morgan fingerprint density at radius 2 is 0.682 bits per heavy atom. The first-order valence-corrected chi connectivity index (χ1v) is 35.8. The molecule has 0 atom stereocenters. The number of nitrogens with zero attached hydrogens (tertiary/aromatic N) is 6. The van der Waals surface area contributed by atoms with Gasteiger partial charge in [0, 0.05) is 54.3 Å². The molecule has 0 unspecified atom stereocenters. The summed E-state index contributed by atoms with van der Waals surface area (Å²) in [5.41, 5.74) is -13.7. The number of ether oxygens (including phenoxy) is 6. The normalized spacial score (nSPS) is 16.2. The van der Waals surface area contributed by atoms with Crippen LogP contribution in [0.15, 0.2) is 280 Å². The molecule has 0 saturated heterocycles. The number of allylic oxidation sites excluding steroid dienone is 9. The number of aliphatic imine (C=N–C) groups is 2. The summed E-state index contributed by atoms with van der Waals surface area (Å²) in [7, 11) is 0. The standard InChI is InChI=1S/C88H56N6O14S2/c1-3-25-62-60(4-2)68(58(42-89)43-90)74(76(62)95)93-66-40-64-70(86(66,80(97)103-46-52-26-11-5-12-27-52)81(98)104-47-53-28-13-6-14-29-53)72-78(109-64)79-73(88(72,84(101)107-50-56-34-19-9-20-35-56)85(102)108-51-57-36-21-10-22-37-57)71-65(110-79)41-67(94-75-69(59(44-91)45-92)61-38-23-24-39-63(61)77(75)96)87(71,82(99)105-48-54-30-15-7-16-31-54)83(100)106-49-55-32-17-8-18-33-55/h3-41H,1,46-51H2,2H3/b60-4+,62-25+,93-74-,94-75+. The second-order valence-corrected chi connectivity index (χ2v) is 27.5. The van der Waals surface area contributed by atoms with Gasteiger partial charge < -0.3 is 28.4 Å². The van der Waals surface area contributed by atoms with Crippen LogP contribution in [0, 0.1) is 45.3 Å². The minimum atomic E-state index is -3.33. The number of fused-ring (bicyclic) bond motifs is 8. The van der Waals surface area contributed by atoms with Gasteiger partial charge in [0.2, 0.25) is 27.8 Å². The van der Waals surface area contributed by atoms with Gasteiger partial charge in [-0.1, -0.05) is 231 Å². The van der Waals surface area contributed by atoms with Crippen LogP contribution in [0.4, 0.5) is 0 Å². The summed E-state index contributed by atoms with van der Waals surface area (Å²) < 4.78 is 38.7. The zero-order chi connectivity index (χ0) is 76.8. The number of ketones is 2. The molecule has 9 aromatic rings. The molecule has 5 aliphatic rings. The Bertz CT molecular complexity index is 5660. The molecular formula is C88H56N6O14S2. The van der Waals surface area contributed by atoms with Crippen molar-refractivity contribution < 1.29 is 66.8 Å². The van der Waals surface area contributed by atoms with Crippen molar-refractivity contribution in [3.8, 4) is 34.0 Å². The molecule has 0 amide bonds.